The highest BCUT2D eigenvalue weighted by Crippen LogP contribution is 2.27. The molecule has 0 saturated carbocycles. The van der Waals surface area contributed by atoms with E-state index in [9.17, 15) is 4.39 Å². The topological polar surface area (TPSA) is 55.5 Å². The molecule has 3 N–H and O–H groups in total. The fraction of sp³-hybridized carbons (Fsp3) is 0.333. The maximum absolute atomic E-state index is 13.1. The summed E-state index contributed by atoms with van der Waals surface area (Å²) >= 11 is 5.68. The molecule has 0 aliphatic rings. The number of rotatable bonds is 4. The van der Waals surface area contributed by atoms with Gasteiger partial charge in [-0.1, -0.05) is 17.7 Å². The molecule has 1 atom stereocenters. The average Bonchev–Trinajstić information content (AvgIpc) is 2.16. The van der Waals surface area contributed by atoms with Crippen LogP contribution in [0.15, 0.2) is 18.2 Å². The summed E-state index contributed by atoms with van der Waals surface area (Å²) in [5.41, 5.74) is 5.16. The normalized spacial score (nSPS) is 12.6. The van der Waals surface area contributed by atoms with Gasteiger partial charge in [0.1, 0.15) is 12.7 Å². The van der Waals surface area contributed by atoms with Crippen molar-refractivity contribution in [3.8, 4) is 5.75 Å². The molecule has 0 aliphatic heterocycles. The van der Waals surface area contributed by atoms with Crippen LogP contribution in [0.25, 0.3) is 0 Å². The number of aliphatic hydroxyl groups excluding tert-OH is 1. The van der Waals surface area contributed by atoms with Crippen molar-refractivity contribution in [3.05, 3.63) is 29.0 Å². The Balaban J connectivity index is 2.66. The monoisotopic (exact) mass is 219 g/mol. The van der Waals surface area contributed by atoms with E-state index in [1.165, 1.54) is 18.2 Å². The summed E-state index contributed by atoms with van der Waals surface area (Å²) in [6.07, 6.45) is -0.814. The smallest absolute Gasteiger partial charge is 0.173 e. The van der Waals surface area contributed by atoms with E-state index in [1.54, 1.807) is 0 Å². The van der Waals surface area contributed by atoms with Gasteiger partial charge in [-0.2, -0.15) is 0 Å². The average molecular weight is 220 g/mol. The second kappa shape index (κ2) is 5.14. The lowest BCUT2D eigenvalue weighted by molar-refractivity contribution is 0.112. The van der Waals surface area contributed by atoms with Crippen LogP contribution < -0.4 is 10.5 Å². The Hall–Kier alpha value is -0.840. The molecule has 1 rings (SSSR count). The van der Waals surface area contributed by atoms with Crippen LogP contribution in [0.2, 0.25) is 5.02 Å². The fourth-order valence-corrected chi connectivity index (χ4v) is 1.09. The van der Waals surface area contributed by atoms with Crippen LogP contribution in [-0.2, 0) is 0 Å². The predicted molar refractivity (Wildman–Crippen MR) is 52.0 cm³/mol. The quantitative estimate of drug-likeness (QED) is 0.800. The van der Waals surface area contributed by atoms with E-state index < -0.39 is 11.9 Å². The molecule has 0 heterocycles. The lowest BCUT2D eigenvalue weighted by Gasteiger charge is -2.11. The zero-order valence-corrected chi connectivity index (χ0v) is 8.17. The van der Waals surface area contributed by atoms with Crippen molar-refractivity contribution < 1.29 is 14.2 Å². The summed E-state index contributed by atoms with van der Waals surface area (Å²) in [7, 11) is 0. The number of ether oxygens (including phenoxy) is 1. The van der Waals surface area contributed by atoms with Gasteiger partial charge < -0.3 is 15.6 Å². The largest absolute Gasteiger partial charge is 0.486 e. The first-order valence-corrected chi connectivity index (χ1v) is 4.48. The van der Waals surface area contributed by atoms with Gasteiger partial charge in [-0.25, -0.2) is 4.39 Å². The summed E-state index contributed by atoms with van der Waals surface area (Å²) < 4.78 is 18.1. The molecule has 0 fully saturated rings. The SMILES string of the molecule is NCC(O)COc1c(F)cccc1Cl. The molecular weight excluding hydrogens is 209 g/mol. The summed E-state index contributed by atoms with van der Waals surface area (Å²) in [6.45, 7) is -0.0107. The van der Waals surface area contributed by atoms with Crippen LogP contribution in [0.4, 0.5) is 4.39 Å². The number of para-hydroxylation sites is 1. The van der Waals surface area contributed by atoms with E-state index in [2.05, 4.69) is 0 Å². The van der Waals surface area contributed by atoms with E-state index >= 15 is 0 Å². The van der Waals surface area contributed by atoms with Gasteiger partial charge in [0.25, 0.3) is 0 Å². The predicted octanol–water partition coefficient (Wildman–Crippen LogP) is 1.18. The molecule has 0 spiro atoms. The van der Waals surface area contributed by atoms with Gasteiger partial charge in [0, 0.05) is 6.54 Å². The van der Waals surface area contributed by atoms with E-state index in [-0.39, 0.29) is 23.9 Å². The van der Waals surface area contributed by atoms with E-state index in [0.717, 1.165) is 0 Å². The molecule has 0 bridgehead atoms. The minimum atomic E-state index is -0.814. The fourth-order valence-electron chi connectivity index (χ4n) is 0.868. The van der Waals surface area contributed by atoms with Crippen LogP contribution in [0.1, 0.15) is 0 Å². The van der Waals surface area contributed by atoms with E-state index in [0.29, 0.717) is 0 Å². The van der Waals surface area contributed by atoms with Gasteiger partial charge in [0.2, 0.25) is 0 Å². The summed E-state index contributed by atoms with van der Waals surface area (Å²) in [5.74, 6) is -0.608. The number of hydrogen-bond acceptors (Lipinski definition) is 3. The minimum absolute atomic E-state index is 0.0540. The third-order valence-corrected chi connectivity index (χ3v) is 1.91. The van der Waals surface area contributed by atoms with Crippen molar-refractivity contribution in [3.63, 3.8) is 0 Å². The molecule has 14 heavy (non-hydrogen) atoms. The van der Waals surface area contributed by atoms with Crippen molar-refractivity contribution in [2.24, 2.45) is 5.73 Å². The number of aliphatic hydroxyl groups is 1. The lowest BCUT2D eigenvalue weighted by Crippen LogP contribution is -2.26. The molecule has 1 unspecified atom stereocenters. The number of nitrogens with two attached hydrogens (primary N) is 1. The highest BCUT2D eigenvalue weighted by Gasteiger charge is 2.09. The minimum Gasteiger partial charge on any atom is -0.486 e. The Morgan fingerprint density at radius 3 is 2.86 bits per heavy atom. The Morgan fingerprint density at radius 2 is 2.29 bits per heavy atom. The molecule has 78 valence electrons. The molecule has 0 aliphatic carbocycles. The maximum Gasteiger partial charge on any atom is 0.173 e. The Bertz CT molecular complexity index is 289. The second-order valence-corrected chi connectivity index (χ2v) is 3.16. The van der Waals surface area contributed by atoms with Gasteiger partial charge in [0.05, 0.1) is 5.02 Å². The third-order valence-electron chi connectivity index (χ3n) is 1.61. The molecule has 0 aromatic heterocycles. The first-order chi connectivity index (χ1) is 6.65. The molecule has 5 heteroatoms. The van der Waals surface area contributed by atoms with Gasteiger partial charge in [-0.05, 0) is 12.1 Å². The van der Waals surface area contributed by atoms with Crippen molar-refractivity contribution in [2.75, 3.05) is 13.2 Å². The lowest BCUT2D eigenvalue weighted by atomic mass is 10.3. The molecule has 0 saturated heterocycles. The van der Waals surface area contributed by atoms with E-state index in [1.807, 2.05) is 0 Å². The number of halogens is 2. The summed E-state index contributed by atoms with van der Waals surface area (Å²) in [5, 5.41) is 9.26. The highest BCUT2D eigenvalue weighted by molar-refractivity contribution is 6.32. The first kappa shape index (κ1) is 11.2. The second-order valence-electron chi connectivity index (χ2n) is 2.75. The van der Waals surface area contributed by atoms with Crippen LogP contribution in [0.3, 0.4) is 0 Å². The maximum atomic E-state index is 13.1. The van der Waals surface area contributed by atoms with Crippen LogP contribution in [-0.4, -0.2) is 24.4 Å². The van der Waals surface area contributed by atoms with Gasteiger partial charge in [-0.3, -0.25) is 0 Å². The van der Waals surface area contributed by atoms with Crippen molar-refractivity contribution >= 4 is 11.6 Å². The van der Waals surface area contributed by atoms with Crippen LogP contribution >= 0.6 is 11.6 Å². The van der Waals surface area contributed by atoms with E-state index in [4.69, 9.17) is 27.2 Å². The molecular formula is C9H11ClFNO2. The molecule has 1 aromatic rings. The highest BCUT2D eigenvalue weighted by atomic mass is 35.5. The Morgan fingerprint density at radius 1 is 1.57 bits per heavy atom. The molecule has 3 nitrogen and oxygen atoms in total. The van der Waals surface area contributed by atoms with Crippen molar-refractivity contribution in [1.82, 2.24) is 0 Å². The number of benzene rings is 1. The molecule has 0 radical (unpaired) electrons. The summed E-state index contributed by atoms with van der Waals surface area (Å²) in [6, 6.07) is 4.22. The van der Waals surface area contributed by atoms with Crippen molar-refractivity contribution in [1.29, 1.82) is 0 Å². The zero-order chi connectivity index (χ0) is 10.6. The van der Waals surface area contributed by atoms with Crippen LogP contribution in [0, 0.1) is 5.82 Å². The zero-order valence-electron chi connectivity index (χ0n) is 7.41. The van der Waals surface area contributed by atoms with Crippen molar-refractivity contribution in [2.45, 2.75) is 6.10 Å². The van der Waals surface area contributed by atoms with Gasteiger partial charge in [-0.15, -0.1) is 0 Å². The molecule has 1 aromatic carbocycles. The van der Waals surface area contributed by atoms with Gasteiger partial charge in [0.15, 0.2) is 11.6 Å². The number of hydrogen-bond donors (Lipinski definition) is 2. The summed E-state index contributed by atoms with van der Waals surface area (Å²) in [4.78, 5) is 0. The Labute approximate surface area is 86.2 Å². The molecule has 0 amide bonds. The standard InChI is InChI=1S/C9H11ClFNO2/c10-7-2-1-3-8(11)9(7)14-5-6(13)4-12/h1-3,6,13H,4-5,12H2. The first-order valence-electron chi connectivity index (χ1n) is 4.10. The van der Waals surface area contributed by atoms with Gasteiger partial charge >= 0.3 is 0 Å². The third kappa shape index (κ3) is 2.83. The Kier molecular flexibility index (Phi) is 4.13. The van der Waals surface area contributed by atoms with Crippen LogP contribution in [0.5, 0.6) is 5.75 Å².